The molecule has 0 bridgehead atoms. The largest absolute Gasteiger partial charge is 0.442 e. The predicted octanol–water partition coefficient (Wildman–Crippen LogP) is 3.31. The smallest absolute Gasteiger partial charge is 0.426 e. The Morgan fingerprint density at radius 2 is 1.92 bits per heavy atom. The average molecular weight is 497 g/mol. The van der Waals surface area contributed by atoms with Crippen LogP contribution < -0.4 is 5.43 Å². The van der Waals surface area contributed by atoms with Gasteiger partial charge in [0.05, 0.1) is 25.4 Å². The van der Waals surface area contributed by atoms with Crippen molar-refractivity contribution in [2.24, 2.45) is 5.92 Å². The lowest BCUT2D eigenvalue weighted by Gasteiger charge is -2.34. The van der Waals surface area contributed by atoms with E-state index in [1.807, 2.05) is 61.5 Å². The van der Waals surface area contributed by atoms with Crippen molar-refractivity contribution in [1.29, 1.82) is 0 Å². The van der Waals surface area contributed by atoms with Crippen LogP contribution >= 0.6 is 0 Å². The number of aliphatic hydroxyl groups is 2. The number of hydrogen-bond donors (Lipinski definition) is 3. The number of aryl methyl sites for hydroxylation is 1. The summed E-state index contributed by atoms with van der Waals surface area (Å²) in [6.07, 6.45) is 0.283. The molecule has 1 fully saturated rings. The van der Waals surface area contributed by atoms with Crippen LogP contribution in [0, 0.1) is 5.92 Å². The zero-order valence-corrected chi connectivity index (χ0v) is 20.7. The summed E-state index contributed by atoms with van der Waals surface area (Å²) in [7, 11) is 0. The molecule has 2 aliphatic rings. The van der Waals surface area contributed by atoms with Gasteiger partial charge in [-0.1, -0.05) is 61.5 Å². The minimum Gasteiger partial charge on any atom is -0.442 e. The highest BCUT2D eigenvalue weighted by Crippen LogP contribution is 2.36. The third-order valence-electron chi connectivity index (χ3n) is 7.06. The van der Waals surface area contributed by atoms with Gasteiger partial charge < -0.3 is 19.7 Å². The van der Waals surface area contributed by atoms with Crippen LogP contribution in [0.2, 0.25) is 0 Å². The second-order valence-corrected chi connectivity index (χ2v) is 9.65. The van der Waals surface area contributed by atoms with Crippen molar-refractivity contribution in [2.45, 2.75) is 69.8 Å². The molecule has 194 valence electrons. The van der Waals surface area contributed by atoms with E-state index >= 15 is 0 Å². The van der Waals surface area contributed by atoms with Gasteiger partial charge in [0.25, 0.3) is 0 Å². The molecule has 3 N–H and O–H groups in total. The maximum absolute atomic E-state index is 13.8. The van der Waals surface area contributed by atoms with Gasteiger partial charge in [0.2, 0.25) is 5.91 Å². The number of carbonyl (C=O) groups is 2. The van der Waals surface area contributed by atoms with Gasteiger partial charge in [0.15, 0.2) is 0 Å². The number of amides is 2. The van der Waals surface area contributed by atoms with Crippen molar-refractivity contribution in [1.82, 2.24) is 10.4 Å². The number of carbonyl (C=O) groups excluding carboxylic acids is 2. The van der Waals surface area contributed by atoms with Gasteiger partial charge in [-0.05, 0) is 42.4 Å². The lowest BCUT2D eigenvalue weighted by molar-refractivity contribution is -0.146. The average Bonchev–Trinajstić information content (AvgIpc) is 3.51. The Balaban J connectivity index is 1.48. The van der Waals surface area contributed by atoms with Gasteiger partial charge in [0.1, 0.15) is 12.1 Å². The summed E-state index contributed by atoms with van der Waals surface area (Å²) >= 11 is 0. The normalized spacial score (nSPS) is 22.5. The molecule has 5 atom stereocenters. The van der Waals surface area contributed by atoms with Crippen LogP contribution in [-0.4, -0.2) is 58.7 Å². The molecular formula is C28H36N2O6. The molecule has 8 heteroatoms. The van der Waals surface area contributed by atoms with E-state index in [2.05, 4.69) is 5.43 Å². The molecule has 1 aliphatic heterocycles. The number of nitrogens with zero attached hydrogens (tertiary/aromatic N) is 1. The Bertz CT molecular complexity index is 1010. The second-order valence-electron chi connectivity index (χ2n) is 9.65. The highest BCUT2D eigenvalue weighted by atomic mass is 16.6. The van der Waals surface area contributed by atoms with E-state index in [4.69, 9.17) is 9.47 Å². The topological polar surface area (TPSA) is 108 Å². The number of nitrogens with one attached hydrogen (secondary N) is 1. The highest BCUT2D eigenvalue weighted by molar-refractivity contribution is 5.82. The van der Waals surface area contributed by atoms with Crippen LogP contribution in [0.5, 0.6) is 0 Å². The summed E-state index contributed by atoms with van der Waals surface area (Å²) in [5.74, 6) is -0.887. The lowest BCUT2D eigenvalue weighted by atomic mass is 9.93. The van der Waals surface area contributed by atoms with E-state index < -0.39 is 30.3 Å². The molecule has 4 rings (SSSR count). The summed E-state index contributed by atoms with van der Waals surface area (Å²) in [6, 6.07) is 16.7. The number of aliphatic hydroxyl groups excluding tert-OH is 2. The first-order valence-electron chi connectivity index (χ1n) is 12.8. The summed E-state index contributed by atoms with van der Waals surface area (Å²) in [5, 5.41) is 22.9. The standard InChI is InChI=1S/C28H36N2O6/c1-2-20(16-22(31)13-12-19-8-4-3-5-9-19)27(33)30(29-28(34)36-23-14-15-35-18-23)26-24-11-7-6-10-21(24)17-25(26)32/h3-11,20,22-23,25-26,31-32H,2,12-18H2,1H3,(H,29,34)/t20-,22+,23+,25-,26+/m1/s1. The van der Waals surface area contributed by atoms with E-state index in [-0.39, 0.29) is 18.4 Å². The lowest BCUT2D eigenvalue weighted by Crippen LogP contribution is -2.53. The van der Waals surface area contributed by atoms with E-state index in [0.29, 0.717) is 45.3 Å². The summed E-state index contributed by atoms with van der Waals surface area (Å²) in [5.41, 5.74) is 5.48. The molecule has 0 spiro atoms. The van der Waals surface area contributed by atoms with Crippen molar-refractivity contribution in [3.63, 3.8) is 0 Å². The zero-order chi connectivity index (χ0) is 25.5. The number of ether oxygens (including phenoxy) is 2. The number of benzene rings is 2. The van der Waals surface area contributed by atoms with Gasteiger partial charge in [-0.2, -0.15) is 0 Å². The van der Waals surface area contributed by atoms with Crippen LogP contribution in [0.25, 0.3) is 0 Å². The van der Waals surface area contributed by atoms with Crippen molar-refractivity contribution in [3.8, 4) is 0 Å². The molecule has 1 aliphatic carbocycles. The number of hydrazine groups is 1. The van der Waals surface area contributed by atoms with Gasteiger partial charge in [-0.3, -0.25) is 4.79 Å². The number of rotatable bonds is 9. The molecular weight excluding hydrogens is 460 g/mol. The molecule has 0 unspecified atom stereocenters. The summed E-state index contributed by atoms with van der Waals surface area (Å²) in [4.78, 5) is 26.6. The number of fused-ring (bicyclic) bond motifs is 1. The third-order valence-corrected chi connectivity index (χ3v) is 7.06. The van der Waals surface area contributed by atoms with Gasteiger partial charge >= 0.3 is 6.09 Å². The van der Waals surface area contributed by atoms with Crippen molar-refractivity contribution >= 4 is 12.0 Å². The number of hydrogen-bond acceptors (Lipinski definition) is 6. The summed E-state index contributed by atoms with van der Waals surface area (Å²) in [6.45, 7) is 2.73. The Kier molecular flexibility index (Phi) is 8.96. The highest BCUT2D eigenvalue weighted by Gasteiger charge is 2.41. The molecule has 0 radical (unpaired) electrons. The predicted molar refractivity (Wildman–Crippen MR) is 134 cm³/mol. The van der Waals surface area contributed by atoms with Crippen LogP contribution in [0.15, 0.2) is 54.6 Å². The van der Waals surface area contributed by atoms with E-state index in [9.17, 15) is 19.8 Å². The first-order valence-corrected chi connectivity index (χ1v) is 12.8. The molecule has 2 aromatic carbocycles. The van der Waals surface area contributed by atoms with Crippen LogP contribution in [0.3, 0.4) is 0 Å². The first kappa shape index (κ1) is 26.1. The Labute approximate surface area is 212 Å². The Hall–Kier alpha value is -2.94. The maximum Gasteiger partial charge on any atom is 0.426 e. The fourth-order valence-electron chi connectivity index (χ4n) is 5.07. The molecule has 2 amide bonds. The van der Waals surface area contributed by atoms with Gasteiger partial charge in [0, 0.05) is 18.8 Å². The molecule has 1 saturated heterocycles. The maximum atomic E-state index is 13.8. The SMILES string of the molecule is CC[C@H](C[C@@H](O)CCc1ccccc1)C(=O)N(NC(=O)O[C@H]1CCOC1)[C@H]1c2ccccc2C[C@H]1O. The Morgan fingerprint density at radius 3 is 2.64 bits per heavy atom. The van der Waals surface area contributed by atoms with Crippen molar-refractivity contribution in [3.05, 3.63) is 71.3 Å². The van der Waals surface area contributed by atoms with Crippen LogP contribution in [-0.2, 0) is 27.1 Å². The van der Waals surface area contributed by atoms with Crippen molar-refractivity contribution < 1.29 is 29.3 Å². The summed E-state index contributed by atoms with van der Waals surface area (Å²) < 4.78 is 10.7. The quantitative estimate of drug-likeness (QED) is 0.460. The molecule has 8 nitrogen and oxygen atoms in total. The van der Waals surface area contributed by atoms with Gasteiger partial charge in [-0.15, -0.1) is 0 Å². The van der Waals surface area contributed by atoms with E-state index in [1.54, 1.807) is 0 Å². The third kappa shape index (κ3) is 6.43. The molecule has 1 heterocycles. The van der Waals surface area contributed by atoms with E-state index in [1.165, 1.54) is 5.01 Å². The van der Waals surface area contributed by atoms with Gasteiger partial charge in [-0.25, -0.2) is 15.2 Å². The fourth-order valence-corrected chi connectivity index (χ4v) is 5.07. The van der Waals surface area contributed by atoms with Crippen LogP contribution in [0.1, 0.15) is 55.3 Å². The monoisotopic (exact) mass is 496 g/mol. The Morgan fingerprint density at radius 1 is 1.17 bits per heavy atom. The molecule has 2 aromatic rings. The first-order chi connectivity index (χ1) is 17.5. The minimum absolute atomic E-state index is 0.260. The fraction of sp³-hybridized carbons (Fsp3) is 0.500. The molecule has 0 aromatic heterocycles. The minimum atomic E-state index is -0.873. The molecule has 36 heavy (non-hydrogen) atoms. The van der Waals surface area contributed by atoms with Crippen LogP contribution in [0.4, 0.5) is 4.79 Å². The zero-order valence-electron chi connectivity index (χ0n) is 20.7. The van der Waals surface area contributed by atoms with E-state index in [0.717, 1.165) is 16.7 Å². The second kappa shape index (κ2) is 12.3. The van der Waals surface area contributed by atoms with Crippen molar-refractivity contribution in [2.75, 3.05) is 13.2 Å². The molecule has 0 saturated carbocycles.